The van der Waals surface area contributed by atoms with Gasteiger partial charge in [0.2, 0.25) is 0 Å². The van der Waals surface area contributed by atoms with Crippen LogP contribution in [0.5, 0.6) is 0 Å². The standard InChI is InChI=1S/C9H18Si/c1-10(2,3)9-7-5-4-6-8-9/h5,7,9H,4,6,8H2,1-3H3/t9-/m0/s1. The molecule has 0 aromatic heterocycles. The van der Waals surface area contributed by atoms with Gasteiger partial charge in [-0.05, 0) is 24.8 Å². The Kier molecular flexibility index (Phi) is 2.35. The summed E-state index contributed by atoms with van der Waals surface area (Å²) in [6.07, 6.45) is 9.01. The van der Waals surface area contributed by atoms with Crippen LogP contribution in [0.4, 0.5) is 0 Å². The summed E-state index contributed by atoms with van der Waals surface area (Å²) < 4.78 is 0. The van der Waals surface area contributed by atoms with E-state index in [1.54, 1.807) is 0 Å². The molecule has 0 amide bonds. The second-order valence-corrected chi connectivity index (χ2v) is 9.81. The van der Waals surface area contributed by atoms with Crippen LogP contribution in [0.1, 0.15) is 19.3 Å². The zero-order chi connectivity index (χ0) is 7.61. The smallest absolute Gasteiger partial charge is 0.0513 e. The average Bonchev–Trinajstić information content (AvgIpc) is 1.88. The lowest BCUT2D eigenvalue weighted by Gasteiger charge is -2.28. The molecule has 0 saturated heterocycles. The van der Waals surface area contributed by atoms with Gasteiger partial charge in [0.1, 0.15) is 0 Å². The molecule has 0 unspecified atom stereocenters. The number of rotatable bonds is 1. The van der Waals surface area contributed by atoms with Crippen molar-refractivity contribution in [3.63, 3.8) is 0 Å². The van der Waals surface area contributed by atoms with Gasteiger partial charge < -0.3 is 0 Å². The minimum Gasteiger partial charge on any atom is -0.0885 e. The van der Waals surface area contributed by atoms with Crippen LogP contribution in [0.3, 0.4) is 0 Å². The zero-order valence-corrected chi connectivity index (χ0v) is 8.35. The SMILES string of the molecule is C[Si](C)(C)[C@H]1C=CCCC1. The number of allylic oxidation sites excluding steroid dienone is 2. The van der Waals surface area contributed by atoms with Crippen molar-refractivity contribution in [3.05, 3.63) is 12.2 Å². The van der Waals surface area contributed by atoms with E-state index >= 15 is 0 Å². The van der Waals surface area contributed by atoms with E-state index < -0.39 is 8.07 Å². The molecule has 0 saturated carbocycles. The molecule has 1 rings (SSSR count). The van der Waals surface area contributed by atoms with Crippen LogP contribution in [0.2, 0.25) is 25.2 Å². The summed E-state index contributed by atoms with van der Waals surface area (Å²) in [5, 5.41) is 0. The summed E-state index contributed by atoms with van der Waals surface area (Å²) in [6, 6.07) is 0. The maximum absolute atomic E-state index is 2.47. The van der Waals surface area contributed by atoms with Crippen LogP contribution in [0, 0.1) is 0 Å². The average molecular weight is 154 g/mol. The van der Waals surface area contributed by atoms with Crippen LogP contribution in [0.15, 0.2) is 12.2 Å². The van der Waals surface area contributed by atoms with Gasteiger partial charge >= 0.3 is 0 Å². The van der Waals surface area contributed by atoms with Crippen LogP contribution >= 0.6 is 0 Å². The van der Waals surface area contributed by atoms with E-state index in [-0.39, 0.29) is 0 Å². The molecule has 0 aromatic carbocycles. The molecular weight excluding hydrogens is 136 g/mol. The quantitative estimate of drug-likeness (QED) is 0.401. The second-order valence-electron chi connectivity index (χ2n) is 4.33. The Bertz CT molecular complexity index is 130. The van der Waals surface area contributed by atoms with Gasteiger partial charge in [0.25, 0.3) is 0 Å². The Balaban J connectivity index is 2.55. The van der Waals surface area contributed by atoms with E-state index in [4.69, 9.17) is 0 Å². The lowest BCUT2D eigenvalue weighted by Crippen LogP contribution is -2.27. The molecule has 0 bridgehead atoms. The third-order valence-electron chi connectivity index (χ3n) is 2.37. The molecule has 10 heavy (non-hydrogen) atoms. The van der Waals surface area contributed by atoms with E-state index in [0.29, 0.717) is 0 Å². The van der Waals surface area contributed by atoms with E-state index in [1.165, 1.54) is 19.3 Å². The molecule has 0 heterocycles. The van der Waals surface area contributed by atoms with Crippen LogP contribution in [-0.4, -0.2) is 8.07 Å². The predicted molar refractivity (Wildman–Crippen MR) is 50.1 cm³/mol. The molecule has 0 radical (unpaired) electrons. The first-order valence-electron chi connectivity index (χ1n) is 4.27. The van der Waals surface area contributed by atoms with Crippen molar-refractivity contribution in [1.29, 1.82) is 0 Å². The number of hydrogen-bond acceptors (Lipinski definition) is 0. The van der Waals surface area contributed by atoms with Gasteiger partial charge in [-0.2, -0.15) is 0 Å². The Morgan fingerprint density at radius 1 is 1.30 bits per heavy atom. The predicted octanol–water partition coefficient (Wildman–Crippen LogP) is 3.43. The van der Waals surface area contributed by atoms with Crippen LogP contribution < -0.4 is 0 Å². The highest BCUT2D eigenvalue weighted by atomic mass is 28.3. The second kappa shape index (κ2) is 2.91. The molecule has 1 heteroatoms. The monoisotopic (exact) mass is 154 g/mol. The Labute approximate surface area is 65.3 Å². The third kappa shape index (κ3) is 1.98. The fourth-order valence-electron chi connectivity index (χ4n) is 1.53. The highest BCUT2D eigenvalue weighted by Gasteiger charge is 2.24. The van der Waals surface area contributed by atoms with Crippen molar-refractivity contribution in [2.24, 2.45) is 0 Å². The van der Waals surface area contributed by atoms with E-state index in [2.05, 4.69) is 31.8 Å². The molecule has 0 N–H and O–H groups in total. The van der Waals surface area contributed by atoms with Crippen LogP contribution in [-0.2, 0) is 0 Å². The zero-order valence-electron chi connectivity index (χ0n) is 7.35. The van der Waals surface area contributed by atoms with Crippen LogP contribution in [0.25, 0.3) is 0 Å². The van der Waals surface area contributed by atoms with Crippen molar-refractivity contribution in [2.45, 2.75) is 44.4 Å². The summed E-state index contributed by atoms with van der Waals surface area (Å²) in [7, 11) is -0.843. The molecule has 0 nitrogen and oxygen atoms in total. The molecular formula is C9H18Si. The Morgan fingerprint density at radius 2 is 2.00 bits per heavy atom. The molecule has 1 atom stereocenters. The lowest BCUT2D eigenvalue weighted by atomic mass is 10.1. The van der Waals surface area contributed by atoms with Crippen molar-refractivity contribution in [1.82, 2.24) is 0 Å². The lowest BCUT2D eigenvalue weighted by molar-refractivity contribution is 0.713. The largest absolute Gasteiger partial charge is 0.0885 e. The highest BCUT2D eigenvalue weighted by Crippen LogP contribution is 2.31. The molecule has 1 aliphatic carbocycles. The van der Waals surface area contributed by atoms with Crippen molar-refractivity contribution >= 4 is 8.07 Å². The maximum atomic E-state index is 2.47. The first-order chi connectivity index (χ1) is 4.61. The van der Waals surface area contributed by atoms with Crippen molar-refractivity contribution in [3.8, 4) is 0 Å². The molecule has 58 valence electrons. The van der Waals surface area contributed by atoms with Gasteiger partial charge in [0, 0.05) is 0 Å². The first kappa shape index (κ1) is 8.06. The van der Waals surface area contributed by atoms with Gasteiger partial charge in [-0.3, -0.25) is 0 Å². The van der Waals surface area contributed by atoms with Gasteiger partial charge in [0.05, 0.1) is 8.07 Å². The Hall–Kier alpha value is -0.0431. The van der Waals surface area contributed by atoms with Gasteiger partial charge in [-0.1, -0.05) is 31.8 Å². The van der Waals surface area contributed by atoms with E-state index in [0.717, 1.165) is 5.54 Å². The minimum atomic E-state index is -0.843. The fraction of sp³-hybridized carbons (Fsp3) is 0.778. The number of hydrogen-bond donors (Lipinski definition) is 0. The summed E-state index contributed by atoms with van der Waals surface area (Å²) in [4.78, 5) is 0. The van der Waals surface area contributed by atoms with Gasteiger partial charge in [-0.25, -0.2) is 0 Å². The van der Waals surface area contributed by atoms with Crippen molar-refractivity contribution < 1.29 is 0 Å². The third-order valence-corrected chi connectivity index (χ3v) is 5.07. The molecule has 0 aromatic rings. The topological polar surface area (TPSA) is 0 Å². The highest BCUT2D eigenvalue weighted by molar-refractivity contribution is 6.78. The maximum Gasteiger partial charge on any atom is 0.0513 e. The molecule has 0 aliphatic heterocycles. The van der Waals surface area contributed by atoms with Gasteiger partial charge in [0.15, 0.2) is 0 Å². The molecule has 1 aliphatic rings. The fourth-order valence-corrected chi connectivity index (χ4v) is 3.32. The minimum absolute atomic E-state index is 0.843. The van der Waals surface area contributed by atoms with E-state index in [1.807, 2.05) is 0 Å². The molecule has 0 spiro atoms. The Morgan fingerprint density at radius 3 is 2.30 bits per heavy atom. The van der Waals surface area contributed by atoms with Crippen molar-refractivity contribution in [2.75, 3.05) is 0 Å². The summed E-state index contributed by atoms with van der Waals surface area (Å²) in [6.45, 7) is 7.40. The summed E-state index contributed by atoms with van der Waals surface area (Å²) in [5.74, 6) is 0. The van der Waals surface area contributed by atoms with Gasteiger partial charge in [-0.15, -0.1) is 0 Å². The normalized spacial score (nSPS) is 26.9. The first-order valence-corrected chi connectivity index (χ1v) is 7.85. The summed E-state index contributed by atoms with van der Waals surface area (Å²) >= 11 is 0. The van der Waals surface area contributed by atoms with E-state index in [9.17, 15) is 0 Å². The summed E-state index contributed by atoms with van der Waals surface area (Å²) in [5.41, 5.74) is 0.959. The molecule has 0 fully saturated rings.